The number of benzene rings is 1. The van der Waals surface area contributed by atoms with E-state index in [-0.39, 0.29) is 5.91 Å². The van der Waals surface area contributed by atoms with E-state index in [0.717, 1.165) is 24.1 Å². The second-order valence-electron chi connectivity index (χ2n) is 4.27. The summed E-state index contributed by atoms with van der Waals surface area (Å²) in [5, 5.41) is 2.94. The predicted octanol–water partition coefficient (Wildman–Crippen LogP) is 3.56. The number of fused-ring (bicyclic) bond motifs is 3. The second-order valence-corrected chi connectivity index (χ2v) is 4.27. The van der Waals surface area contributed by atoms with Crippen LogP contribution >= 0.6 is 0 Å². The molecule has 3 rings (SSSR count). The van der Waals surface area contributed by atoms with Crippen LogP contribution in [0.3, 0.4) is 0 Å². The molecule has 0 atom stereocenters. The molecule has 1 amide bonds. The average Bonchev–Trinajstić information content (AvgIpc) is 2.68. The van der Waals surface area contributed by atoms with Crippen molar-refractivity contribution >= 4 is 17.2 Å². The average molecular weight is 229 g/mol. The number of hydrogen-bond donors (Lipinski definition) is 1. The summed E-state index contributed by atoms with van der Waals surface area (Å²) in [4.78, 5) is 11.5. The van der Waals surface area contributed by atoms with Crippen molar-refractivity contribution in [2.45, 2.75) is 39.5 Å². The van der Waals surface area contributed by atoms with Crippen LogP contribution in [0.25, 0.3) is 5.57 Å². The maximum Gasteiger partial charge on any atom is 0.255 e. The Morgan fingerprint density at radius 3 is 2.65 bits per heavy atom. The zero-order valence-corrected chi connectivity index (χ0v) is 10.6. The summed E-state index contributed by atoms with van der Waals surface area (Å²) in [5.41, 5.74) is 5.38. The van der Waals surface area contributed by atoms with Crippen molar-refractivity contribution in [3.8, 4) is 0 Å². The minimum Gasteiger partial charge on any atom is -0.321 e. The van der Waals surface area contributed by atoms with Gasteiger partial charge in [-0.1, -0.05) is 32.6 Å². The molecular formula is C15H19NO. The van der Waals surface area contributed by atoms with Gasteiger partial charge < -0.3 is 5.32 Å². The van der Waals surface area contributed by atoms with Gasteiger partial charge in [0.15, 0.2) is 0 Å². The molecule has 17 heavy (non-hydrogen) atoms. The van der Waals surface area contributed by atoms with Crippen LogP contribution < -0.4 is 5.32 Å². The molecule has 0 radical (unpaired) electrons. The maximum atomic E-state index is 11.5. The molecule has 0 saturated carbocycles. The van der Waals surface area contributed by atoms with Crippen LogP contribution in [0, 0.1) is 0 Å². The fraction of sp³-hybridized carbons (Fsp3) is 0.400. The third-order valence-electron chi connectivity index (χ3n) is 3.37. The third kappa shape index (κ3) is 1.88. The van der Waals surface area contributed by atoms with Crippen molar-refractivity contribution in [2.75, 3.05) is 5.32 Å². The summed E-state index contributed by atoms with van der Waals surface area (Å²) in [6, 6.07) is 4.18. The first-order valence-electron chi connectivity index (χ1n) is 6.43. The Balaban J connectivity index is 0.000000514. The normalized spacial score (nSPS) is 16.6. The van der Waals surface area contributed by atoms with Crippen molar-refractivity contribution in [3.63, 3.8) is 0 Å². The van der Waals surface area contributed by atoms with Crippen LogP contribution in [0.4, 0.5) is 5.69 Å². The first kappa shape index (κ1) is 11.9. The fourth-order valence-corrected chi connectivity index (χ4v) is 2.53. The monoisotopic (exact) mass is 229 g/mol. The maximum absolute atomic E-state index is 11.5. The third-order valence-corrected chi connectivity index (χ3v) is 3.37. The van der Waals surface area contributed by atoms with Gasteiger partial charge in [-0.05, 0) is 36.8 Å². The molecular weight excluding hydrogens is 210 g/mol. The van der Waals surface area contributed by atoms with Crippen LogP contribution in [0.15, 0.2) is 18.7 Å². The summed E-state index contributed by atoms with van der Waals surface area (Å²) in [5.74, 6) is -0.0380. The van der Waals surface area contributed by atoms with Crippen LogP contribution in [-0.2, 0) is 17.6 Å². The number of carbonyl (C=O) groups is 1. The summed E-state index contributed by atoms with van der Waals surface area (Å²) in [7, 11) is 0. The lowest BCUT2D eigenvalue weighted by atomic mass is 9.88. The summed E-state index contributed by atoms with van der Waals surface area (Å²) in [6.45, 7) is 7.81. The van der Waals surface area contributed by atoms with E-state index in [0.29, 0.717) is 5.57 Å². The van der Waals surface area contributed by atoms with E-state index in [4.69, 9.17) is 0 Å². The molecule has 90 valence electrons. The number of hydrogen-bond acceptors (Lipinski definition) is 1. The SMILES string of the molecule is C=C1C(=O)Nc2c1ccc1c2CCCC1.CC. The Morgan fingerprint density at radius 2 is 1.88 bits per heavy atom. The minimum atomic E-state index is -0.0380. The number of anilines is 1. The first-order chi connectivity index (χ1) is 8.27. The molecule has 1 aliphatic heterocycles. The molecule has 0 saturated heterocycles. The van der Waals surface area contributed by atoms with Crippen molar-refractivity contribution in [3.05, 3.63) is 35.4 Å². The highest BCUT2D eigenvalue weighted by atomic mass is 16.1. The smallest absolute Gasteiger partial charge is 0.255 e. The van der Waals surface area contributed by atoms with Gasteiger partial charge >= 0.3 is 0 Å². The van der Waals surface area contributed by atoms with Crippen molar-refractivity contribution in [1.82, 2.24) is 0 Å². The standard InChI is InChI=1S/C13H13NO.C2H6/c1-8-10-7-6-9-4-2-3-5-11(9)12(10)14-13(8)15;1-2/h6-7H,1-5H2,(H,14,15);1-2H3. The fourth-order valence-electron chi connectivity index (χ4n) is 2.53. The van der Waals surface area contributed by atoms with Gasteiger partial charge in [0.1, 0.15) is 0 Å². The lowest BCUT2D eigenvalue weighted by molar-refractivity contribution is -0.110. The molecule has 1 heterocycles. The van der Waals surface area contributed by atoms with E-state index >= 15 is 0 Å². The molecule has 0 aromatic heterocycles. The first-order valence-corrected chi connectivity index (χ1v) is 6.43. The molecule has 1 aromatic carbocycles. The van der Waals surface area contributed by atoms with Crippen molar-refractivity contribution in [1.29, 1.82) is 0 Å². The number of amides is 1. The Kier molecular flexibility index (Phi) is 3.32. The quantitative estimate of drug-likeness (QED) is 0.677. The Hall–Kier alpha value is -1.57. The van der Waals surface area contributed by atoms with E-state index in [1.165, 1.54) is 24.0 Å². The van der Waals surface area contributed by atoms with Gasteiger partial charge in [0, 0.05) is 11.1 Å². The van der Waals surface area contributed by atoms with Gasteiger partial charge in [-0.15, -0.1) is 0 Å². The Labute approximate surface area is 103 Å². The lowest BCUT2D eigenvalue weighted by Gasteiger charge is -2.18. The van der Waals surface area contributed by atoms with E-state index < -0.39 is 0 Å². The highest BCUT2D eigenvalue weighted by Gasteiger charge is 2.26. The second kappa shape index (κ2) is 4.74. The van der Waals surface area contributed by atoms with E-state index in [9.17, 15) is 4.79 Å². The largest absolute Gasteiger partial charge is 0.321 e. The molecule has 2 heteroatoms. The number of carbonyl (C=O) groups excluding carboxylic acids is 1. The van der Waals surface area contributed by atoms with Crippen molar-refractivity contribution in [2.24, 2.45) is 0 Å². The highest BCUT2D eigenvalue weighted by molar-refractivity contribution is 6.31. The topological polar surface area (TPSA) is 29.1 Å². The molecule has 0 bridgehead atoms. The van der Waals surface area contributed by atoms with Crippen LogP contribution in [-0.4, -0.2) is 5.91 Å². The number of rotatable bonds is 0. The molecule has 2 nitrogen and oxygen atoms in total. The molecule has 1 aromatic rings. The Morgan fingerprint density at radius 1 is 1.18 bits per heavy atom. The highest BCUT2D eigenvalue weighted by Crippen LogP contribution is 2.38. The zero-order chi connectivity index (χ0) is 12.4. The van der Waals surface area contributed by atoms with E-state index in [1.54, 1.807) is 0 Å². The van der Waals surface area contributed by atoms with E-state index in [2.05, 4.69) is 18.0 Å². The van der Waals surface area contributed by atoms with Crippen LogP contribution in [0.1, 0.15) is 43.4 Å². The molecule has 2 aliphatic rings. The lowest BCUT2D eigenvalue weighted by Crippen LogP contribution is -2.08. The van der Waals surface area contributed by atoms with Crippen LogP contribution in [0.5, 0.6) is 0 Å². The van der Waals surface area contributed by atoms with E-state index in [1.807, 2.05) is 19.9 Å². The van der Waals surface area contributed by atoms with Crippen LogP contribution in [0.2, 0.25) is 0 Å². The predicted molar refractivity (Wildman–Crippen MR) is 72.1 cm³/mol. The molecule has 1 aliphatic carbocycles. The van der Waals surface area contributed by atoms with Crippen molar-refractivity contribution < 1.29 is 4.79 Å². The number of aryl methyl sites for hydroxylation is 1. The molecule has 0 spiro atoms. The minimum absolute atomic E-state index is 0.0380. The Bertz CT molecular complexity index is 474. The summed E-state index contributed by atoms with van der Waals surface area (Å²) in [6.07, 6.45) is 4.73. The van der Waals surface area contributed by atoms with Gasteiger partial charge in [0.05, 0.1) is 5.69 Å². The molecule has 0 unspecified atom stereocenters. The van der Waals surface area contributed by atoms with Gasteiger partial charge in [0.25, 0.3) is 5.91 Å². The van der Waals surface area contributed by atoms with Gasteiger partial charge in [-0.3, -0.25) is 4.79 Å². The van der Waals surface area contributed by atoms with Gasteiger partial charge in [-0.2, -0.15) is 0 Å². The molecule has 0 fully saturated rings. The zero-order valence-electron chi connectivity index (χ0n) is 10.6. The van der Waals surface area contributed by atoms with Gasteiger partial charge in [0.2, 0.25) is 0 Å². The summed E-state index contributed by atoms with van der Waals surface area (Å²) < 4.78 is 0. The summed E-state index contributed by atoms with van der Waals surface area (Å²) >= 11 is 0. The molecule has 1 N–H and O–H groups in total. The van der Waals surface area contributed by atoms with Gasteiger partial charge in [-0.25, -0.2) is 0 Å². The number of nitrogens with one attached hydrogen (secondary N) is 1.